The van der Waals surface area contributed by atoms with Gasteiger partial charge in [-0.1, -0.05) is 11.6 Å². The second kappa shape index (κ2) is 9.07. The first kappa shape index (κ1) is 25.4. The third kappa shape index (κ3) is 4.39. The van der Waals surface area contributed by atoms with E-state index in [2.05, 4.69) is 5.32 Å². The molecule has 0 spiro atoms. The number of sulfone groups is 1. The first-order valence-electron chi connectivity index (χ1n) is 10.9. The van der Waals surface area contributed by atoms with Crippen LogP contribution in [-0.2, 0) is 19.4 Å². The van der Waals surface area contributed by atoms with Crippen LogP contribution in [0.15, 0.2) is 41.3 Å². The van der Waals surface area contributed by atoms with Crippen molar-refractivity contribution in [2.45, 2.75) is 48.4 Å². The largest absolute Gasteiger partial charge is 0.381 e. The van der Waals surface area contributed by atoms with Gasteiger partial charge in [-0.15, -0.1) is 0 Å². The first-order valence-corrected chi connectivity index (χ1v) is 12.9. The number of Topliss-reactive ketones (excluding diaryl/α,β-unsaturated/α-hetero) is 2. The Labute approximate surface area is 205 Å². The summed E-state index contributed by atoms with van der Waals surface area (Å²) in [7, 11) is -4.08. The van der Waals surface area contributed by atoms with Crippen molar-refractivity contribution in [2.75, 3.05) is 5.32 Å². The molecule has 0 aromatic heterocycles. The van der Waals surface area contributed by atoms with Crippen LogP contribution in [0.3, 0.4) is 0 Å². The number of fused-ring (bicyclic) bond motifs is 2. The minimum absolute atomic E-state index is 0.0217. The number of benzene rings is 2. The van der Waals surface area contributed by atoms with Crippen molar-refractivity contribution < 1.29 is 36.7 Å². The van der Waals surface area contributed by atoms with Gasteiger partial charge in [0.1, 0.15) is 5.60 Å². The van der Waals surface area contributed by atoms with Crippen molar-refractivity contribution in [3.05, 3.63) is 58.6 Å². The molecule has 2 bridgehead atoms. The molecule has 0 aliphatic heterocycles. The Kier molecular flexibility index (Phi) is 6.58. The van der Waals surface area contributed by atoms with E-state index in [1.165, 1.54) is 12.1 Å². The number of ketones is 2. The molecule has 1 amide bonds. The van der Waals surface area contributed by atoms with Gasteiger partial charge < -0.3 is 10.4 Å². The SMILES string of the molecule is CC(=O)C(=O)C1(O)[C@@H]2CC[C@H]1CC(S(=O)(=O)c1cc(C(=O)Nc3ccc(F)c(F)c3)ccc1Cl)C2. The van der Waals surface area contributed by atoms with Crippen LogP contribution in [0.25, 0.3) is 0 Å². The smallest absolute Gasteiger partial charge is 0.255 e. The Balaban J connectivity index is 1.60. The Bertz CT molecular complexity index is 1330. The molecule has 2 aliphatic carbocycles. The molecule has 4 rings (SSSR count). The van der Waals surface area contributed by atoms with Gasteiger partial charge in [0.25, 0.3) is 5.91 Å². The Morgan fingerprint density at radius 2 is 1.66 bits per heavy atom. The van der Waals surface area contributed by atoms with Gasteiger partial charge in [-0.3, -0.25) is 14.4 Å². The molecule has 2 fully saturated rings. The number of amides is 1. The molecule has 0 radical (unpaired) electrons. The molecule has 35 heavy (non-hydrogen) atoms. The molecule has 0 saturated heterocycles. The predicted molar refractivity (Wildman–Crippen MR) is 123 cm³/mol. The Hall–Kier alpha value is -2.69. The maximum absolute atomic E-state index is 13.5. The minimum Gasteiger partial charge on any atom is -0.381 e. The number of nitrogens with one attached hydrogen (secondary N) is 1. The highest BCUT2D eigenvalue weighted by Gasteiger charge is 2.60. The molecule has 2 saturated carbocycles. The van der Waals surface area contributed by atoms with Crippen LogP contribution in [0, 0.1) is 23.5 Å². The maximum Gasteiger partial charge on any atom is 0.255 e. The lowest BCUT2D eigenvalue weighted by Crippen LogP contribution is -2.55. The minimum atomic E-state index is -4.08. The number of aliphatic hydroxyl groups is 1. The lowest BCUT2D eigenvalue weighted by Gasteiger charge is -2.40. The normalized spacial score (nSPS) is 25.8. The van der Waals surface area contributed by atoms with Gasteiger partial charge >= 0.3 is 0 Å². The maximum atomic E-state index is 13.5. The molecule has 7 nitrogen and oxygen atoms in total. The molecule has 0 heterocycles. The standard InChI is InChI=1S/C24H22ClF2NO6S/c1-12(29)22(30)24(32)14-3-4-15(24)10-17(9-14)35(33,34)21-8-13(2-6-18(21)25)23(31)28-16-5-7-19(26)20(27)11-16/h2,5-8,11,14-15,17,32H,3-4,9-10H2,1H3,(H,28,31)/t14-,15+,17?,24?. The highest BCUT2D eigenvalue weighted by atomic mass is 35.5. The van der Waals surface area contributed by atoms with Crippen LogP contribution >= 0.6 is 11.6 Å². The first-order chi connectivity index (χ1) is 16.4. The summed E-state index contributed by atoms with van der Waals surface area (Å²) in [5, 5.41) is 12.3. The topological polar surface area (TPSA) is 118 Å². The number of halogens is 3. The van der Waals surface area contributed by atoms with E-state index in [4.69, 9.17) is 11.6 Å². The molecule has 2 N–H and O–H groups in total. The van der Waals surface area contributed by atoms with Gasteiger partial charge in [-0.2, -0.15) is 0 Å². The molecular weight excluding hydrogens is 504 g/mol. The van der Waals surface area contributed by atoms with Crippen LogP contribution in [-0.4, -0.2) is 41.8 Å². The number of rotatable bonds is 6. The molecular formula is C24H22ClF2NO6S. The highest BCUT2D eigenvalue weighted by molar-refractivity contribution is 7.92. The van der Waals surface area contributed by atoms with Gasteiger partial charge in [0.05, 0.1) is 15.2 Å². The van der Waals surface area contributed by atoms with Gasteiger partial charge in [0.2, 0.25) is 5.78 Å². The summed E-state index contributed by atoms with van der Waals surface area (Å²) in [6.07, 6.45) is 0.763. The van der Waals surface area contributed by atoms with Crippen molar-refractivity contribution in [3.63, 3.8) is 0 Å². The molecule has 2 aromatic rings. The van der Waals surface area contributed by atoms with Crippen molar-refractivity contribution in [1.29, 1.82) is 0 Å². The van der Waals surface area contributed by atoms with Crippen molar-refractivity contribution in [2.24, 2.45) is 11.8 Å². The van der Waals surface area contributed by atoms with Crippen LogP contribution in [0.1, 0.15) is 43.0 Å². The van der Waals surface area contributed by atoms with E-state index in [1.807, 2.05) is 0 Å². The van der Waals surface area contributed by atoms with Crippen LogP contribution < -0.4 is 5.32 Å². The zero-order chi connectivity index (χ0) is 25.7. The monoisotopic (exact) mass is 525 g/mol. The second-order valence-corrected chi connectivity index (χ2v) is 11.7. The number of hydrogen-bond acceptors (Lipinski definition) is 6. The van der Waals surface area contributed by atoms with Crippen molar-refractivity contribution in [1.82, 2.24) is 0 Å². The van der Waals surface area contributed by atoms with Crippen LogP contribution in [0.5, 0.6) is 0 Å². The lowest BCUT2D eigenvalue weighted by molar-refractivity contribution is -0.156. The van der Waals surface area contributed by atoms with Crippen LogP contribution in [0.2, 0.25) is 5.02 Å². The molecule has 11 heteroatoms. The fraction of sp³-hybridized carbons (Fsp3) is 0.375. The fourth-order valence-electron chi connectivity index (χ4n) is 5.23. The molecule has 186 valence electrons. The van der Waals surface area contributed by atoms with E-state index in [-0.39, 0.29) is 34.0 Å². The third-order valence-electron chi connectivity index (χ3n) is 7.00. The number of carbonyl (C=O) groups excluding carboxylic acids is 3. The fourth-order valence-corrected chi connectivity index (χ4v) is 7.63. The van der Waals surface area contributed by atoms with E-state index >= 15 is 0 Å². The zero-order valence-electron chi connectivity index (χ0n) is 18.6. The molecule has 2 aliphatic rings. The van der Waals surface area contributed by atoms with Crippen molar-refractivity contribution in [3.8, 4) is 0 Å². The van der Waals surface area contributed by atoms with E-state index in [0.29, 0.717) is 12.8 Å². The molecule has 4 atom stereocenters. The van der Waals surface area contributed by atoms with Crippen LogP contribution in [0.4, 0.5) is 14.5 Å². The van der Waals surface area contributed by atoms with Gasteiger partial charge in [0, 0.05) is 24.2 Å². The van der Waals surface area contributed by atoms with Gasteiger partial charge in [-0.25, -0.2) is 17.2 Å². The summed E-state index contributed by atoms with van der Waals surface area (Å²) < 4.78 is 53.6. The summed E-state index contributed by atoms with van der Waals surface area (Å²) >= 11 is 6.19. The lowest BCUT2D eigenvalue weighted by atomic mass is 9.71. The Morgan fingerprint density at radius 3 is 2.23 bits per heavy atom. The Morgan fingerprint density at radius 1 is 1.03 bits per heavy atom. The summed E-state index contributed by atoms with van der Waals surface area (Å²) in [6.45, 7) is 1.08. The van der Waals surface area contributed by atoms with E-state index in [1.54, 1.807) is 0 Å². The zero-order valence-corrected chi connectivity index (χ0v) is 20.1. The quantitative estimate of drug-likeness (QED) is 0.555. The average Bonchev–Trinajstić information content (AvgIpc) is 2.97. The number of anilines is 1. The summed E-state index contributed by atoms with van der Waals surface area (Å²) in [6, 6.07) is 6.45. The molecule has 2 unspecified atom stereocenters. The number of carbonyl (C=O) groups is 3. The molecule has 2 aromatic carbocycles. The average molecular weight is 526 g/mol. The van der Waals surface area contributed by atoms with Gasteiger partial charge in [0.15, 0.2) is 27.3 Å². The highest BCUT2D eigenvalue weighted by Crippen LogP contribution is 2.52. The van der Waals surface area contributed by atoms with Gasteiger partial charge in [-0.05, 0) is 67.9 Å². The van der Waals surface area contributed by atoms with E-state index in [0.717, 1.165) is 31.2 Å². The summed E-state index contributed by atoms with van der Waals surface area (Å²) in [5.41, 5.74) is -1.96. The van der Waals surface area contributed by atoms with Crippen molar-refractivity contribution >= 4 is 44.6 Å². The third-order valence-corrected chi connectivity index (χ3v) is 9.66. The second-order valence-electron chi connectivity index (χ2n) is 9.05. The number of hydrogen-bond donors (Lipinski definition) is 2. The van der Waals surface area contributed by atoms with E-state index in [9.17, 15) is 36.7 Å². The predicted octanol–water partition coefficient (Wildman–Crippen LogP) is 3.72. The summed E-state index contributed by atoms with van der Waals surface area (Å²) in [4.78, 5) is 36.4. The van der Waals surface area contributed by atoms with E-state index < -0.39 is 61.6 Å². The summed E-state index contributed by atoms with van der Waals surface area (Å²) in [5.74, 6) is -6.02.